The van der Waals surface area contributed by atoms with Gasteiger partial charge in [-0.15, -0.1) is 0 Å². The van der Waals surface area contributed by atoms with Gasteiger partial charge in [0.2, 0.25) is 11.8 Å². The number of likely N-dealkylation sites (tertiary alicyclic amines) is 1. The summed E-state index contributed by atoms with van der Waals surface area (Å²) >= 11 is 0. The van der Waals surface area contributed by atoms with Crippen molar-refractivity contribution in [1.29, 1.82) is 0 Å². The summed E-state index contributed by atoms with van der Waals surface area (Å²) in [7, 11) is 0. The number of hydrogen-bond acceptors (Lipinski definition) is 5. The SMILES string of the molecule is CC(C)C(=O)N1CC2(CC(Oc3cnccn3)CCO2)C1. The van der Waals surface area contributed by atoms with Gasteiger partial charge in [-0.1, -0.05) is 13.8 Å². The lowest BCUT2D eigenvalue weighted by Gasteiger charge is -2.53. The number of ether oxygens (including phenoxy) is 2. The molecule has 2 aliphatic heterocycles. The number of nitrogens with zero attached hydrogens (tertiary/aromatic N) is 3. The van der Waals surface area contributed by atoms with Gasteiger partial charge in [0, 0.05) is 31.2 Å². The predicted molar refractivity (Wildman–Crippen MR) is 75.8 cm³/mol. The van der Waals surface area contributed by atoms with Crippen LogP contribution in [0, 0.1) is 5.92 Å². The van der Waals surface area contributed by atoms with Crippen molar-refractivity contribution in [2.75, 3.05) is 19.7 Å². The molecule has 0 aliphatic carbocycles. The minimum Gasteiger partial charge on any atom is -0.473 e. The summed E-state index contributed by atoms with van der Waals surface area (Å²) in [5.41, 5.74) is -0.227. The first-order valence-electron chi connectivity index (χ1n) is 7.43. The molecule has 3 heterocycles. The molecule has 1 spiro atoms. The van der Waals surface area contributed by atoms with Crippen LogP contribution in [0.25, 0.3) is 0 Å². The predicted octanol–water partition coefficient (Wildman–Crippen LogP) is 1.27. The number of rotatable bonds is 3. The Hall–Kier alpha value is -1.69. The van der Waals surface area contributed by atoms with Crippen LogP contribution in [0.1, 0.15) is 26.7 Å². The molecule has 1 unspecified atom stereocenters. The van der Waals surface area contributed by atoms with E-state index >= 15 is 0 Å². The van der Waals surface area contributed by atoms with Gasteiger partial charge in [-0.2, -0.15) is 0 Å². The van der Waals surface area contributed by atoms with E-state index in [1.54, 1.807) is 18.6 Å². The highest BCUT2D eigenvalue weighted by atomic mass is 16.5. The van der Waals surface area contributed by atoms with Crippen molar-refractivity contribution in [3.8, 4) is 5.88 Å². The van der Waals surface area contributed by atoms with Crippen LogP contribution < -0.4 is 4.74 Å². The number of carbonyl (C=O) groups excluding carboxylic acids is 1. The maximum absolute atomic E-state index is 11.9. The maximum Gasteiger partial charge on any atom is 0.232 e. The maximum atomic E-state index is 11.9. The van der Waals surface area contributed by atoms with E-state index in [2.05, 4.69) is 9.97 Å². The lowest BCUT2D eigenvalue weighted by molar-refractivity contribution is -0.195. The molecule has 114 valence electrons. The quantitative estimate of drug-likeness (QED) is 0.839. The molecule has 1 aromatic heterocycles. The third-order valence-electron chi connectivity index (χ3n) is 4.04. The van der Waals surface area contributed by atoms with Gasteiger partial charge in [0.25, 0.3) is 0 Å². The van der Waals surface area contributed by atoms with Crippen molar-refractivity contribution in [3.63, 3.8) is 0 Å². The lowest BCUT2D eigenvalue weighted by Crippen LogP contribution is -2.68. The van der Waals surface area contributed by atoms with Gasteiger partial charge in [-0.25, -0.2) is 4.98 Å². The second kappa shape index (κ2) is 5.60. The fourth-order valence-corrected chi connectivity index (χ4v) is 2.99. The Morgan fingerprint density at radius 2 is 2.29 bits per heavy atom. The van der Waals surface area contributed by atoms with Gasteiger partial charge in [0.05, 0.1) is 25.9 Å². The molecular weight excluding hydrogens is 270 g/mol. The van der Waals surface area contributed by atoms with Crippen LogP contribution in [-0.4, -0.2) is 52.2 Å². The molecule has 6 heteroatoms. The van der Waals surface area contributed by atoms with E-state index in [1.807, 2.05) is 18.7 Å². The molecule has 1 amide bonds. The monoisotopic (exact) mass is 291 g/mol. The zero-order chi connectivity index (χ0) is 14.9. The minimum atomic E-state index is -0.227. The molecule has 0 aromatic carbocycles. The molecule has 2 fully saturated rings. The topological polar surface area (TPSA) is 64.6 Å². The Morgan fingerprint density at radius 3 is 2.95 bits per heavy atom. The van der Waals surface area contributed by atoms with Crippen molar-refractivity contribution < 1.29 is 14.3 Å². The van der Waals surface area contributed by atoms with E-state index in [0.717, 1.165) is 12.8 Å². The van der Waals surface area contributed by atoms with Crippen molar-refractivity contribution in [2.45, 2.75) is 38.4 Å². The third-order valence-corrected chi connectivity index (χ3v) is 4.04. The second-order valence-electron chi connectivity index (χ2n) is 6.16. The standard InChI is InChI=1S/C15H21N3O3/c1-11(2)14(19)18-9-15(10-18)7-12(3-6-20-15)21-13-8-16-4-5-17-13/h4-5,8,11-12H,3,6-7,9-10H2,1-2H3. The summed E-state index contributed by atoms with van der Waals surface area (Å²) in [5, 5.41) is 0. The van der Waals surface area contributed by atoms with Crippen LogP contribution in [0.3, 0.4) is 0 Å². The molecule has 0 saturated carbocycles. The van der Waals surface area contributed by atoms with Crippen molar-refractivity contribution >= 4 is 5.91 Å². The highest BCUT2D eigenvalue weighted by molar-refractivity contribution is 5.79. The first-order valence-corrected chi connectivity index (χ1v) is 7.43. The Kier molecular flexibility index (Phi) is 3.80. The Bertz CT molecular complexity index is 500. The molecule has 21 heavy (non-hydrogen) atoms. The second-order valence-corrected chi connectivity index (χ2v) is 6.16. The van der Waals surface area contributed by atoms with Crippen molar-refractivity contribution in [1.82, 2.24) is 14.9 Å². The van der Waals surface area contributed by atoms with Gasteiger partial charge in [-0.05, 0) is 0 Å². The summed E-state index contributed by atoms with van der Waals surface area (Å²) in [6, 6.07) is 0. The Balaban J connectivity index is 1.56. The third kappa shape index (κ3) is 3.00. The summed E-state index contributed by atoms with van der Waals surface area (Å²) in [4.78, 5) is 22.0. The summed E-state index contributed by atoms with van der Waals surface area (Å²) in [5.74, 6) is 0.785. The van der Waals surface area contributed by atoms with E-state index in [1.165, 1.54) is 0 Å². The first kappa shape index (κ1) is 14.3. The van der Waals surface area contributed by atoms with Gasteiger partial charge in [-0.3, -0.25) is 9.78 Å². The first-order chi connectivity index (χ1) is 10.1. The van der Waals surface area contributed by atoms with E-state index < -0.39 is 0 Å². The number of amides is 1. The largest absolute Gasteiger partial charge is 0.473 e. The van der Waals surface area contributed by atoms with Crippen LogP contribution >= 0.6 is 0 Å². The van der Waals surface area contributed by atoms with Crippen molar-refractivity contribution in [3.05, 3.63) is 18.6 Å². The van der Waals surface area contributed by atoms with Gasteiger partial charge < -0.3 is 14.4 Å². The molecule has 3 rings (SSSR count). The zero-order valence-electron chi connectivity index (χ0n) is 12.5. The van der Waals surface area contributed by atoms with Gasteiger partial charge in [0.1, 0.15) is 11.7 Å². The molecule has 1 atom stereocenters. The molecule has 2 aliphatic rings. The summed E-state index contributed by atoms with van der Waals surface area (Å²) in [6.45, 7) is 5.85. The van der Waals surface area contributed by atoms with Gasteiger partial charge in [0.15, 0.2) is 0 Å². The lowest BCUT2D eigenvalue weighted by atomic mass is 9.84. The number of hydrogen-bond donors (Lipinski definition) is 0. The number of carbonyl (C=O) groups is 1. The van der Waals surface area contributed by atoms with E-state index in [0.29, 0.717) is 25.6 Å². The van der Waals surface area contributed by atoms with Crippen LogP contribution in [0.15, 0.2) is 18.6 Å². The van der Waals surface area contributed by atoms with Crippen LogP contribution in [0.2, 0.25) is 0 Å². The van der Waals surface area contributed by atoms with Gasteiger partial charge >= 0.3 is 0 Å². The fraction of sp³-hybridized carbons (Fsp3) is 0.667. The Morgan fingerprint density at radius 1 is 1.48 bits per heavy atom. The van der Waals surface area contributed by atoms with E-state index in [4.69, 9.17) is 9.47 Å². The van der Waals surface area contributed by atoms with Crippen LogP contribution in [0.4, 0.5) is 0 Å². The Labute approximate surface area is 124 Å². The smallest absolute Gasteiger partial charge is 0.232 e. The fourth-order valence-electron chi connectivity index (χ4n) is 2.99. The van der Waals surface area contributed by atoms with E-state index in [9.17, 15) is 4.79 Å². The average molecular weight is 291 g/mol. The zero-order valence-corrected chi connectivity index (χ0v) is 12.5. The number of aromatic nitrogens is 2. The minimum absolute atomic E-state index is 0.0394. The highest BCUT2D eigenvalue weighted by Crippen LogP contribution is 2.36. The van der Waals surface area contributed by atoms with Crippen LogP contribution in [0.5, 0.6) is 5.88 Å². The van der Waals surface area contributed by atoms with Crippen molar-refractivity contribution in [2.24, 2.45) is 5.92 Å². The molecular formula is C15H21N3O3. The van der Waals surface area contributed by atoms with Crippen LogP contribution in [-0.2, 0) is 9.53 Å². The van der Waals surface area contributed by atoms with E-state index in [-0.39, 0.29) is 23.5 Å². The average Bonchev–Trinajstić information content (AvgIpc) is 2.45. The molecule has 0 bridgehead atoms. The normalized spacial score (nSPS) is 24.0. The molecule has 0 N–H and O–H groups in total. The molecule has 0 radical (unpaired) electrons. The molecule has 1 aromatic rings. The summed E-state index contributed by atoms with van der Waals surface area (Å²) in [6.07, 6.45) is 6.59. The highest BCUT2D eigenvalue weighted by Gasteiger charge is 2.50. The summed E-state index contributed by atoms with van der Waals surface area (Å²) < 4.78 is 11.8. The molecule has 6 nitrogen and oxygen atoms in total. The molecule has 2 saturated heterocycles.